The number of nitrogens with one attached hydrogen (secondary N) is 1. The van der Waals surface area contributed by atoms with Crippen LogP contribution in [-0.2, 0) is 0 Å². The van der Waals surface area contributed by atoms with Gasteiger partial charge in [-0.3, -0.25) is 4.98 Å². The zero-order valence-corrected chi connectivity index (χ0v) is 11.1. The molecule has 4 heteroatoms. The Balaban J connectivity index is 2.78. The molecule has 0 amide bonds. The fourth-order valence-electron chi connectivity index (χ4n) is 1.79. The summed E-state index contributed by atoms with van der Waals surface area (Å²) in [5.74, 6) is 0.636. The summed E-state index contributed by atoms with van der Waals surface area (Å²) in [5, 5.41) is 3.51. The van der Waals surface area contributed by atoms with E-state index in [0.29, 0.717) is 5.88 Å². The Labute approximate surface area is 104 Å². The summed E-state index contributed by atoms with van der Waals surface area (Å²) >= 11 is 0. The van der Waals surface area contributed by atoms with Crippen molar-refractivity contribution in [3.8, 4) is 5.88 Å². The van der Waals surface area contributed by atoms with Crippen LogP contribution in [0.4, 0.5) is 0 Å². The zero-order chi connectivity index (χ0) is 12.5. The van der Waals surface area contributed by atoms with E-state index in [1.54, 1.807) is 19.5 Å². The van der Waals surface area contributed by atoms with Crippen LogP contribution in [0.2, 0.25) is 0 Å². The molecule has 1 rings (SSSR count). The lowest BCUT2D eigenvalue weighted by Crippen LogP contribution is -2.23. The van der Waals surface area contributed by atoms with Gasteiger partial charge in [0.1, 0.15) is 5.69 Å². The van der Waals surface area contributed by atoms with Crippen molar-refractivity contribution in [1.82, 2.24) is 15.3 Å². The predicted octanol–water partition coefficient (Wildman–Crippen LogP) is 2.72. The molecule has 0 saturated heterocycles. The zero-order valence-electron chi connectivity index (χ0n) is 11.1. The Morgan fingerprint density at radius 1 is 1.24 bits per heavy atom. The van der Waals surface area contributed by atoms with Gasteiger partial charge in [-0.05, 0) is 19.4 Å². The molecule has 1 heterocycles. The van der Waals surface area contributed by atoms with Gasteiger partial charge >= 0.3 is 0 Å². The number of rotatable bonds is 8. The molecule has 1 N–H and O–H groups in total. The van der Waals surface area contributed by atoms with Gasteiger partial charge in [0.25, 0.3) is 0 Å². The normalized spacial score (nSPS) is 12.4. The minimum atomic E-state index is 0.249. The third-order valence-electron chi connectivity index (χ3n) is 2.70. The lowest BCUT2D eigenvalue weighted by Gasteiger charge is -2.19. The van der Waals surface area contributed by atoms with Crippen molar-refractivity contribution in [2.45, 2.75) is 45.6 Å². The Bertz CT molecular complexity index is 309. The van der Waals surface area contributed by atoms with Gasteiger partial charge in [0, 0.05) is 12.4 Å². The van der Waals surface area contributed by atoms with Crippen LogP contribution in [0.1, 0.15) is 51.3 Å². The predicted molar refractivity (Wildman–Crippen MR) is 69.1 cm³/mol. The molecule has 1 aromatic heterocycles. The molecule has 0 aliphatic heterocycles. The molecule has 0 aromatic carbocycles. The van der Waals surface area contributed by atoms with Gasteiger partial charge in [-0.1, -0.05) is 26.7 Å². The molecular formula is C13H23N3O. The lowest BCUT2D eigenvalue weighted by molar-refractivity contribution is 0.371. The average Bonchev–Trinajstić information content (AvgIpc) is 2.39. The van der Waals surface area contributed by atoms with Gasteiger partial charge in [-0.2, -0.15) is 0 Å². The van der Waals surface area contributed by atoms with Crippen molar-refractivity contribution in [3.63, 3.8) is 0 Å². The summed E-state index contributed by atoms with van der Waals surface area (Å²) in [6, 6.07) is 0.249. The van der Waals surface area contributed by atoms with E-state index in [2.05, 4.69) is 29.1 Å². The summed E-state index contributed by atoms with van der Waals surface area (Å²) in [6.45, 7) is 5.36. The van der Waals surface area contributed by atoms with Crippen molar-refractivity contribution in [3.05, 3.63) is 18.1 Å². The Morgan fingerprint density at radius 3 is 2.65 bits per heavy atom. The van der Waals surface area contributed by atoms with E-state index in [1.165, 1.54) is 12.8 Å². The molecule has 17 heavy (non-hydrogen) atoms. The first kappa shape index (κ1) is 13.9. The van der Waals surface area contributed by atoms with Crippen LogP contribution in [0.25, 0.3) is 0 Å². The quantitative estimate of drug-likeness (QED) is 0.755. The molecule has 0 saturated carbocycles. The van der Waals surface area contributed by atoms with Crippen molar-refractivity contribution in [1.29, 1.82) is 0 Å². The highest BCUT2D eigenvalue weighted by molar-refractivity contribution is 5.21. The first-order valence-electron chi connectivity index (χ1n) is 6.41. The van der Waals surface area contributed by atoms with E-state index in [0.717, 1.165) is 25.1 Å². The number of aromatic nitrogens is 2. The SMILES string of the molecule is CCCCC(NCCC)c1nccnc1OC. The largest absolute Gasteiger partial charge is 0.480 e. The van der Waals surface area contributed by atoms with Crippen molar-refractivity contribution in [2.24, 2.45) is 0 Å². The molecule has 0 aliphatic rings. The Kier molecular flexibility index (Phi) is 6.55. The van der Waals surface area contributed by atoms with Crippen LogP contribution < -0.4 is 10.1 Å². The molecule has 0 spiro atoms. The van der Waals surface area contributed by atoms with Gasteiger partial charge in [0.2, 0.25) is 5.88 Å². The van der Waals surface area contributed by atoms with E-state index in [-0.39, 0.29) is 6.04 Å². The van der Waals surface area contributed by atoms with Crippen LogP contribution in [0.5, 0.6) is 5.88 Å². The van der Waals surface area contributed by atoms with Gasteiger partial charge < -0.3 is 10.1 Å². The minimum absolute atomic E-state index is 0.249. The summed E-state index contributed by atoms with van der Waals surface area (Å²) < 4.78 is 5.27. The monoisotopic (exact) mass is 237 g/mol. The number of nitrogens with zero attached hydrogens (tertiary/aromatic N) is 2. The molecule has 1 atom stereocenters. The third-order valence-corrected chi connectivity index (χ3v) is 2.70. The summed E-state index contributed by atoms with van der Waals surface area (Å²) in [6.07, 6.45) is 7.95. The first-order valence-corrected chi connectivity index (χ1v) is 6.41. The van der Waals surface area contributed by atoms with Crippen molar-refractivity contribution >= 4 is 0 Å². The highest BCUT2D eigenvalue weighted by Gasteiger charge is 2.17. The number of hydrogen-bond acceptors (Lipinski definition) is 4. The summed E-state index contributed by atoms with van der Waals surface area (Å²) in [5.41, 5.74) is 0.928. The van der Waals surface area contributed by atoms with E-state index < -0.39 is 0 Å². The minimum Gasteiger partial charge on any atom is -0.480 e. The van der Waals surface area contributed by atoms with Crippen LogP contribution in [-0.4, -0.2) is 23.6 Å². The second kappa shape index (κ2) is 8.01. The van der Waals surface area contributed by atoms with E-state index in [4.69, 9.17) is 4.74 Å². The third kappa shape index (κ3) is 4.30. The molecule has 4 nitrogen and oxygen atoms in total. The number of ether oxygens (including phenoxy) is 1. The maximum absolute atomic E-state index is 5.27. The van der Waals surface area contributed by atoms with Gasteiger partial charge in [0.05, 0.1) is 13.2 Å². The molecule has 96 valence electrons. The smallest absolute Gasteiger partial charge is 0.236 e. The van der Waals surface area contributed by atoms with Crippen LogP contribution in [0, 0.1) is 0 Å². The first-order chi connectivity index (χ1) is 8.33. The van der Waals surface area contributed by atoms with E-state index in [1.807, 2.05) is 0 Å². The van der Waals surface area contributed by atoms with Gasteiger partial charge in [-0.15, -0.1) is 0 Å². The molecule has 0 aliphatic carbocycles. The van der Waals surface area contributed by atoms with Crippen LogP contribution in [0.15, 0.2) is 12.4 Å². The van der Waals surface area contributed by atoms with Crippen molar-refractivity contribution in [2.75, 3.05) is 13.7 Å². The molecule has 1 aromatic rings. The Hall–Kier alpha value is -1.16. The second-order valence-electron chi connectivity index (χ2n) is 4.10. The summed E-state index contributed by atoms with van der Waals surface area (Å²) in [4.78, 5) is 8.62. The maximum Gasteiger partial charge on any atom is 0.236 e. The highest BCUT2D eigenvalue weighted by Crippen LogP contribution is 2.24. The molecule has 0 fully saturated rings. The fourth-order valence-corrected chi connectivity index (χ4v) is 1.79. The van der Waals surface area contributed by atoms with E-state index >= 15 is 0 Å². The average molecular weight is 237 g/mol. The lowest BCUT2D eigenvalue weighted by atomic mass is 10.1. The maximum atomic E-state index is 5.27. The van der Waals surface area contributed by atoms with Crippen molar-refractivity contribution < 1.29 is 4.74 Å². The Morgan fingerprint density at radius 2 is 2.00 bits per heavy atom. The fraction of sp³-hybridized carbons (Fsp3) is 0.692. The van der Waals surface area contributed by atoms with Crippen LogP contribution >= 0.6 is 0 Å². The standard InChI is InChI=1S/C13H23N3O/c1-4-6-7-11(14-8-5-2)12-13(17-3)16-10-9-15-12/h9-11,14H,4-8H2,1-3H3. The molecule has 0 bridgehead atoms. The van der Waals surface area contributed by atoms with Gasteiger partial charge in [-0.25, -0.2) is 4.98 Å². The topological polar surface area (TPSA) is 47.0 Å². The number of methoxy groups -OCH3 is 1. The molecular weight excluding hydrogens is 214 g/mol. The number of unbranched alkanes of at least 4 members (excludes halogenated alkanes) is 1. The number of hydrogen-bond donors (Lipinski definition) is 1. The van der Waals surface area contributed by atoms with Gasteiger partial charge in [0.15, 0.2) is 0 Å². The van der Waals surface area contributed by atoms with E-state index in [9.17, 15) is 0 Å². The second-order valence-corrected chi connectivity index (χ2v) is 4.10. The molecule has 1 unspecified atom stereocenters. The highest BCUT2D eigenvalue weighted by atomic mass is 16.5. The van der Waals surface area contributed by atoms with Crippen LogP contribution in [0.3, 0.4) is 0 Å². The molecule has 0 radical (unpaired) electrons. The summed E-state index contributed by atoms with van der Waals surface area (Å²) in [7, 11) is 1.64.